The van der Waals surface area contributed by atoms with Crippen LogP contribution in [0.1, 0.15) is 18.4 Å². The number of nitrogens with one attached hydrogen (secondary N) is 1. The highest BCUT2D eigenvalue weighted by molar-refractivity contribution is 7.99. The van der Waals surface area contributed by atoms with Crippen LogP contribution >= 0.6 is 23.1 Å². The second kappa shape index (κ2) is 5.84. The predicted molar refractivity (Wildman–Crippen MR) is 71.3 cm³/mol. The van der Waals surface area contributed by atoms with Gasteiger partial charge in [0.05, 0.1) is 6.54 Å². The fraction of sp³-hybridized carbons (Fsp3) is 0.800. The highest BCUT2D eigenvalue weighted by Crippen LogP contribution is 2.24. The number of nitrogens with zero attached hydrogens (tertiary/aromatic N) is 3. The Balaban J connectivity index is 1.87. The molecule has 1 aliphatic heterocycles. The molecular weight excluding hydrogens is 240 g/mol. The summed E-state index contributed by atoms with van der Waals surface area (Å²) >= 11 is 3.71. The van der Waals surface area contributed by atoms with Gasteiger partial charge in [-0.3, -0.25) is 4.90 Å². The number of hydrogen-bond donors (Lipinski definition) is 1. The van der Waals surface area contributed by atoms with Crippen LogP contribution in [0.15, 0.2) is 0 Å². The first-order valence-electron chi connectivity index (χ1n) is 5.64. The minimum Gasteiger partial charge on any atom is -0.360 e. The highest BCUT2D eigenvalue weighted by Gasteiger charge is 2.20. The van der Waals surface area contributed by atoms with Crippen LogP contribution in [-0.2, 0) is 6.54 Å². The van der Waals surface area contributed by atoms with Gasteiger partial charge in [0.2, 0.25) is 5.13 Å². The third-order valence-electron chi connectivity index (χ3n) is 2.71. The van der Waals surface area contributed by atoms with Crippen LogP contribution in [0.3, 0.4) is 0 Å². The first-order valence-corrected chi connectivity index (χ1v) is 7.61. The van der Waals surface area contributed by atoms with Crippen molar-refractivity contribution in [2.24, 2.45) is 0 Å². The van der Waals surface area contributed by atoms with E-state index >= 15 is 0 Å². The Labute approximate surface area is 105 Å². The minimum atomic E-state index is 0.719. The molecule has 1 unspecified atom stereocenters. The second-order valence-corrected chi connectivity index (χ2v) is 6.18. The fourth-order valence-corrected chi connectivity index (χ4v) is 3.92. The monoisotopic (exact) mass is 258 g/mol. The third-order valence-corrected chi connectivity index (χ3v) is 4.72. The SMILES string of the molecule is CCNc1nnc(CN(C)C2CCSC2)s1. The van der Waals surface area contributed by atoms with Crippen molar-refractivity contribution in [3.63, 3.8) is 0 Å². The van der Waals surface area contributed by atoms with E-state index in [-0.39, 0.29) is 0 Å². The van der Waals surface area contributed by atoms with Gasteiger partial charge < -0.3 is 5.32 Å². The number of thioether (sulfide) groups is 1. The normalized spacial score (nSPS) is 20.6. The Morgan fingerprint density at radius 1 is 1.50 bits per heavy atom. The maximum Gasteiger partial charge on any atom is 0.205 e. The number of rotatable bonds is 5. The lowest BCUT2D eigenvalue weighted by Crippen LogP contribution is -2.30. The molecule has 1 aromatic heterocycles. The zero-order valence-electron chi connectivity index (χ0n) is 9.77. The summed E-state index contributed by atoms with van der Waals surface area (Å²) in [4.78, 5) is 2.40. The first-order chi connectivity index (χ1) is 7.79. The van der Waals surface area contributed by atoms with Gasteiger partial charge in [0.25, 0.3) is 0 Å². The topological polar surface area (TPSA) is 41.1 Å². The van der Waals surface area contributed by atoms with Crippen LogP contribution in [0.2, 0.25) is 0 Å². The summed E-state index contributed by atoms with van der Waals surface area (Å²) in [6.45, 7) is 3.90. The molecule has 2 heterocycles. The van der Waals surface area contributed by atoms with Gasteiger partial charge in [-0.25, -0.2) is 0 Å². The van der Waals surface area contributed by atoms with Gasteiger partial charge in [0.15, 0.2) is 0 Å². The predicted octanol–water partition coefficient (Wildman–Crippen LogP) is 1.91. The second-order valence-electron chi connectivity index (χ2n) is 3.96. The maximum absolute atomic E-state index is 4.20. The van der Waals surface area contributed by atoms with E-state index in [1.807, 2.05) is 11.8 Å². The van der Waals surface area contributed by atoms with Crippen molar-refractivity contribution in [1.29, 1.82) is 0 Å². The quantitative estimate of drug-likeness (QED) is 0.873. The molecule has 1 fully saturated rings. The van der Waals surface area contributed by atoms with Gasteiger partial charge in [-0.1, -0.05) is 11.3 Å². The molecule has 1 atom stereocenters. The molecule has 0 aromatic carbocycles. The van der Waals surface area contributed by atoms with E-state index in [9.17, 15) is 0 Å². The fourth-order valence-electron chi connectivity index (χ4n) is 1.75. The largest absolute Gasteiger partial charge is 0.360 e. The highest BCUT2D eigenvalue weighted by atomic mass is 32.2. The maximum atomic E-state index is 4.20. The van der Waals surface area contributed by atoms with E-state index in [1.165, 1.54) is 17.9 Å². The summed E-state index contributed by atoms with van der Waals surface area (Å²) in [5.41, 5.74) is 0. The summed E-state index contributed by atoms with van der Waals surface area (Å²) < 4.78 is 0. The third kappa shape index (κ3) is 3.09. The average Bonchev–Trinajstić information content (AvgIpc) is 2.89. The molecule has 0 aliphatic carbocycles. The minimum absolute atomic E-state index is 0.719. The molecule has 1 aliphatic rings. The van der Waals surface area contributed by atoms with Crippen LogP contribution in [0.25, 0.3) is 0 Å². The van der Waals surface area contributed by atoms with Crippen LogP contribution in [0.4, 0.5) is 5.13 Å². The molecule has 1 N–H and O–H groups in total. The lowest BCUT2D eigenvalue weighted by molar-refractivity contribution is 0.253. The van der Waals surface area contributed by atoms with Crippen molar-refractivity contribution in [3.05, 3.63) is 5.01 Å². The molecule has 90 valence electrons. The zero-order valence-corrected chi connectivity index (χ0v) is 11.4. The lowest BCUT2D eigenvalue weighted by Gasteiger charge is -2.21. The first kappa shape index (κ1) is 12.1. The van der Waals surface area contributed by atoms with Gasteiger partial charge in [-0.15, -0.1) is 10.2 Å². The Kier molecular flexibility index (Phi) is 4.43. The standard InChI is InChI=1S/C10H18N4S2/c1-3-11-10-13-12-9(16-10)6-14(2)8-4-5-15-7-8/h8H,3-7H2,1-2H3,(H,11,13). The zero-order chi connectivity index (χ0) is 11.4. The van der Waals surface area contributed by atoms with Crippen LogP contribution in [0.5, 0.6) is 0 Å². The summed E-state index contributed by atoms with van der Waals surface area (Å²) in [6.07, 6.45) is 1.31. The number of hydrogen-bond acceptors (Lipinski definition) is 6. The van der Waals surface area contributed by atoms with Crippen LogP contribution in [0, 0.1) is 0 Å². The Hall–Kier alpha value is -0.330. The van der Waals surface area contributed by atoms with Gasteiger partial charge in [-0.05, 0) is 26.1 Å². The molecule has 0 spiro atoms. The van der Waals surface area contributed by atoms with E-state index in [0.29, 0.717) is 0 Å². The van der Waals surface area contributed by atoms with Gasteiger partial charge >= 0.3 is 0 Å². The molecule has 4 nitrogen and oxygen atoms in total. The number of aromatic nitrogens is 2. The van der Waals surface area contributed by atoms with Gasteiger partial charge in [0, 0.05) is 18.3 Å². The number of anilines is 1. The summed E-state index contributed by atoms with van der Waals surface area (Å²) in [6, 6.07) is 0.719. The molecule has 0 radical (unpaired) electrons. The average molecular weight is 258 g/mol. The van der Waals surface area contributed by atoms with Crippen molar-refractivity contribution in [2.45, 2.75) is 25.9 Å². The molecule has 1 aromatic rings. The summed E-state index contributed by atoms with van der Waals surface area (Å²) in [7, 11) is 2.19. The van der Waals surface area contributed by atoms with Gasteiger partial charge in [-0.2, -0.15) is 11.8 Å². The van der Waals surface area contributed by atoms with E-state index in [4.69, 9.17) is 0 Å². The van der Waals surface area contributed by atoms with Crippen molar-refractivity contribution in [2.75, 3.05) is 30.4 Å². The molecular formula is C10H18N4S2. The van der Waals surface area contributed by atoms with E-state index in [0.717, 1.165) is 29.3 Å². The molecule has 0 saturated carbocycles. The van der Waals surface area contributed by atoms with E-state index < -0.39 is 0 Å². The summed E-state index contributed by atoms with van der Waals surface area (Å²) in [5.74, 6) is 2.56. The van der Waals surface area contributed by atoms with Crippen LogP contribution in [-0.4, -0.2) is 46.2 Å². The van der Waals surface area contributed by atoms with E-state index in [1.54, 1.807) is 11.3 Å². The van der Waals surface area contributed by atoms with Crippen molar-refractivity contribution in [3.8, 4) is 0 Å². The Morgan fingerprint density at radius 3 is 3.06 bits per heavy atom. The molecule has 6 heteroatoms. The molecule has 2 rings (SSSR count). The van der Waals surface area contributed by atoms with Crippen molar-refractivity contribution >= 4 is 28.2 Å². The molecule has 1 saturated heterocycles. The van der Waals surface area contributed by atoms with Crippen LogP contribution < -0.4 is 5.32 Å². The van der Waals surface area contributed by atoms with Gasteiger partial charge in [0.1, 0.15) is 5.01 Å². The molecule has 0 amide bonds. The smallest absolute Gasteiger partial charge is 0.205 e. The molecule has 0 bridgehead atoms. The Morgan fingerprint density at radius 2 is 2.38 bits per heavy atom. The van der Waals surface area contributed by atoms with E-state index in [2.05, 4.69) is 34.4 Å². The Bertz CT molecular complexity index is 322. The lowest BCUT2D eigenvalue weighted by atomic mass is 10.2. The van der Waals surface area contributed by atoms with Crippen molar-refractivity contribution < 1.29 is 0 Å². The van der Waals surface area contributed by atoms with Crippen molar-refractivity contribution in [1.82, 2.24) is 15.1 Å². The molecule has 16 heavy (non-hydrogen) atoms. The summed E-state index contributed by atoms with van der Waals surface area (Å²) in [5, 5.41) is 13.6.